The number of hydrogen-bond acceptors (Lipinski definition) is 4. The Balaban J connectivity index is 1.33. The molecule has 0 bridgehead atoms. The number of halogens is 1. The van der Waals surface area contributed by atoms with E-state index in [1.54, 1.807) is 24.4 Å². The normalized spacial score (nSPS) is 11.0. The van der Waals surface area contributed by atoms with Gasteiger partial charge < -0.3 is 4.74 Å². The molecule has 0 atom stereocenters. The van der Waals surface area contributed by atoms with Crippen LogP contribution in [0.3, 0.4) is 0 Å². The molecule has 1 heterocycles. The molecule has 0 aliphatic heterocycles. The number of para-hydroxylation sites is 1. The Morgan fingerprint density at radius 3 is 2.50 bits per heavy atom. The van der Waals surface area contributed by atoms with E-state index in [-0.39, 0.29) is 11.7 Å². The van der Waals surface area contributed by atoms with Crippen LogP contribution in [0.5, 0.6) is 5.75 Å². The third-order valence-electron chi connectivity index (χ3n) is 5.59. The van der Waals surface area contributed by atoms with Crippen LogP contribution in [0.1, 0.15) is 21.5 Å². The second kappa shape index (κ2) is 10.6. The molecule has 36 heavy (non-hydrogen) atoms. The zero-order valence-corrected chi connectivity index (χ0v) is 19.3. The van der Waals surface area contributed by atoms with Crippen LogP contribution in [0.25, 0.3) is 22.2 Å². The monoisotopic (exact) mass is 475 g/mol. The Morgan fingerprint density at radius 1 is 0.889 bits per heavy atom. The summed E-state index contributed by atoms with van der Waals surface area (Å²) in [4.78, 5) is 17.7. The maximum Gasteiger partial charge on any atom is 0.272 e. The van der Waals surface area contributed by atoms with Crippen molar-refractivity contribution >= 4 is 23.0 Å². The molecule has 0 aliphatic carbocycles. The van der Waals surface area contributed by atoms with Crippen LogP contribution in [0.15, 0.2) is 114 Å². The second-order valence-corrected chi connectivity index (χ2v) is 8.12. The lowest BCUT2D eigenvalue weighted by Crippen LogP contribution is -2.18. The molecule has 0 saturated heterocycles. The van der Waals surface area contributed by atoms with Crippen molar-refractivity contribution in [2.45, 2.75) is 6.61 Å². The van der Waals surface area contributed by atoms with Crippen LogP contribution in [-0.4, -0.2) is 17.1 Å². The van der Waals surface area contributed by atoms with Crippen LogP contribution >= 0.6 is 0 Å². The van der Waals surface area contributed by atoms with E-state index in [9.17, 15) is 9.18 Å². The molecule has 5 nitrogen and oxygen atoms in total. The predicted octanol–water partition coefficient (Wildman–Crippen LogP) is 6.38. The lowest BCUT2D eigenvalue weighted by Gasteiger charge is -2.09. The molecular weight excluding hydrogens is 453 g/mol. The van der Waals surface area contributed by atoms with Gasteiger partial charge in [-0.25, -0.2) is 14.8 Å². The van der Waals surface area contributed by atoms with E-state index in [1.807, 2.05) is 78.9 Å². The highest BCUT2D eigenvalue weighted by molar-refractivity contribution is 6.07. The first-order valence-corrected chi connectivity index (χ1v) is 11.4. The minimum Gasteiger partial charge on any atom is -0.489 e. The van der Waals surface area contributed by atoms with Crippen molar-refractivity contribution in [3.63, 3.8) is 0 Å². The Labute approximate surface area is 207 Å². The quantitative estimate of drug-likeness (QED) is 0.219. The van der Waals surface area contributed by atoms with E-state index in [2.05, 4.69) is 15.5 Å². The number of benzene rings is 4. The SMILES string of the molecule is O=C(NN=Cc1cccc(OCc2ccccc2)c1)c1cc(-c2ccc(F)cc2)nc2ccccc12. The van der Waals surface area contributed by atoms with Crippen molar-refractivity contribution in [3.8, 4) is 17.0 Å². The lowest BCUT2D eigenvalue weighted by atomic mass is 10.0. The summed E-state index contributed by atoms with van der Waals surface area (Å²) in [6.45, 7) is 0.462. The van der Waals surface area contributed by atoms with Crippen LogP contribution in [0.2, 0.25) is 0 Å². The molecule has 0 aliphatic rings. The minimum absolute atomic E-state index is 0.332. The molecule has 1 N–H and O–H groups in total. The number of carbonyl (C=O) groups is 1. The standard InChI is InChI=1S/C30H22FN3O2/c31-24-15-13-23(14-16-24)29-18-27(26-11-4-5-12-28(26)33-29)30(35)34-32-19-22-9-6-10-25(17-22)36-20-21-7-2-1-3-8-21/h1-19H,20H2,(H,34,35). The molecule has 0 spiro atoms. The molecule has 0 unspecified atom stereocenters. The minimum atomic E-state index is -0.371. The number of hydrazone groups is 1. The molecule has 0 radical (unpaired) electrons. The van der Waals surface area contributed by atoms with Gasteiger partial charge in [0.2, 0.25) is 0 Å². The topological polar surface area (TPSA) is 63.6 Å². The molecular formula is C30H22FN3O2. The van der Waals surface area contributed by atoms with E-state index in [0.717, 1.165) is 11.1 Å². The van der Waals surface area contributed by atoms with Gasteiger partial charge in [-0.1, -0.05) is 60.7 Å². The van der Waals surface area contributed by atoms with Gasteiger partial charge in [-0.15, -0.1) is 0 Å². The third kappa shape index (κ3) is 5.45. The number of nitrogens with one attached hydrogen (secondary N) is 1. The van der Waals surface area contributed by atoms with Gasteiger partial charge in [0, 0.05) is 10.9 Å². The first kappa shape index (κ1) is 22.9. The van der Waals surface area contributed by atoms with Gasteiger partial charge in [-0.05, 0) is 59.7 Å². The highest BCUT2D eigenvalue weighted by Crippen LogP contribution is 2.25. The summed E-state index contributed by atoms with van der Waals surface area (Å²) in [5, 5.41) is 4.85. The lowest BCUT2D eigenvalue weighted by molar-refractivity contribution is 0.0956. The van der Waals surface area contributed by atoms with Gasteiger partial charge in [0.1, 0.15) is 18.2 Å². The van der Waals surface area contributed by atoms with Crippen LogP contribution in [0.4, 0.5) is 4.39 Å². The van der Waals surface area contributed by atoms with Crippen molar-refractivity contribution in [1.29, 1.82) is 0 Å². The maximum absolute atomic E-state index is 13.4. The van der Waals surface area contributed by atoms with Gasteiger partial charge >= 0.3 is 0 Å². The predicted molar refractivity (Wildman–Crippen MR) is 139 cm³/mol. The number of ether oxygens (including phenoxy) is 1. The zero-order chi connectivity index (χ0) is 24.7. The van der Waals surface area contributed by atoms with E-state index in [0.29, 0.717) is 40.1 Å². The number of hydrogen-bond donors (Lipinski definition) is 1. The Kier molecular flexibility index (Phi) is 6.76. The van der Waals surface area contributed by atoms with Crippen molar-refractivity contribution in [3.05, 3.63) is 132 Å². The van der Waals surface area contributed by atoms with Crippen LogP contribution in [-0.2, 0) is 6.61 Å². The molecule has 5 aromatic rings. The molecule has 0 fully saturated rings. The molecule has 6 heteroatoms. The number of aromatic nitrogens is 1. The Hall–Kier alpha value is -4.84. The summed E-state index contributed by atoms with van der Waals surface area (Å²) in [6, 6.07) is 32.5. The number of pyridine rings is 1. The molecule has 176 valence electrons. The smallest absolute Gasteiger partial charge is 0.272 e. The van der Waals surface area contributed by atoms with Crippen molar-refractivity contribution < 1.29 is 13.9 Å². The van der Waals surface area contributed by atoms with Crippen molar-refractivity contribution in [1.82, 2.24) is 10.4 Å². The summed E-state index contributed by atoms with van der Waals surface area (Å²) in [6.07, 6.45) is 1.57. The molecule has 4 aromatic carbocycles. The third-order valence-corrected chi connectivity index (χ3v) is 5.59. The fourth-order valence-electron chi connectivity index (χ4n) is 3.78. The van der Waals surface area contributed by atoms with Gasteiger partial charge in [0.15, 0.2) is 0 Å². The second-order valence-electron chi connectivity index (χ2n) is 8.12. The number of nitrogens with zero attached hydrogens (tertiary/aromatic N) is 2. The first-order valence-electron chi connectivity index (χ1n) is 11.4. The fraction of sp³-hybridized carbons (Fsp3) is 0.0333. The largest absolute Gasteiger partial charge is 0.489 e. The van der Waals surface area contributed by atoms with E-state index in [4.69, 9.17) is 4.74 Å². The van der Waals surface area contributed by atoms with Gasteiger partial charge in [0.05, 0.1) is 23.0 Å². The Bertz CT molecular complexity index is 1530. The number of carbonyl (C=O) groups excluding carboxylic acids is 1. The summed E-state index contributed by atoms with van der Waals surface area (Å²) >= 11 is 0. The van der Waals surface area contributed by atoms with Crippen LogP contribution in [0, 0.1) is 5.82 Å². The number of rotatable bonds is 7. The first-order chi connectivity index (χ1) is 17.7. The molecule has 0 saturated carbocycles. The molecule has 1 aromatic heterocycles. The number of amides is 1. The van der Waals surface area contributed by atoms with Gasteiger partial charge in [0.25, 0.3) is 5.91 Å². The summed E-state index contributed by atoms with van der Waals surface area (Å²) in [5.41, 5.74) is 6.85. The molecule has 5 rings (SSSR count). The average Bonchev–Trinajstić information content (AvgIpc) is 2.92. The summed E-state index contributed by atoms with van der Waals surface area (Å²) in [5.74, 6) is 0.00395. The summed E-state index contributed by atoms with van der Waals surface area (Å²) < 4.78 is 19.2. The summed E-state index contributed by atoms with van der Waals surface area (Å²) in [7, 11) is 0. The zero-order valence-electron chi connectivity index (χ0n) is 19.3. The number of fused-ring (bicyclic) bond motifs is 1. The molecule has 1 amide bonds. The highest BCUT2D eigenvalue weighted by atomic mass is 19.1. The van der Waals surface area contributed by atoms with E-state index < -0.39 is 0 Å². The highest BCUT2D eigenvalue weighted by Gasteiger charge is 2.13. The maximum atomic E-state index is 13.4. The van der Waals surface area contributed by atoms with E-state index >= 15 is 0 Å². The van der Waals surface area contributed by atoms with Gasteiger partial charge in [-0.3, -0.25) is 4.79 Å². The average molecular weight is 476 g/mol. The van der Waals surface area contributed by atoms with Crippen LogP contribution < -0.4 is 10.2 Å². The Morgan fingerprint density at radius 2 is 1.67 bits per heavy atom. The van der Waals surface area contributed by atoms with Crippen molar-refractivity contribution in [2.75, 3.05) is 0 Å². The van der Waals surface area contributed by atoms with Crippen molar-refractivity contribution in [2.24, 2.45) is 5.10 Å². The fourth-order valence-corrected chi connectivity index (χ4v) is 3.78. The van der Waals surface area contributed by atoms with E-state index in [1.165, 1.54) is 12.1 Å². The van der Waals surface area contributed by atoms with Gasteiger partial charge in [-0.2, -0.15) is 5.10 Å².